The van der Waals surface area contributed by atoms with Crippen LogP contribution in [0.1, 0.15) is 55.2 Å². The predicted molar refractivity (Wildman–Crippen MR) is 149 cm³/mol. The molecule has 0 aromatic heterocycles. The zero-order valence-corrected chi connectivity index (χ0v) is 23.0. The number of aliphatic hydroxyl groups is 1. The molecule has 4 rings (SSSR count). The summed E-state index contributed by atoms with van der Waals surface area (Å²) in [5.41, 5.74) is 1.26. The summed E-state index contributed by atoms with van der Waals surface area (Å²) < 4.78 is 11.3. The SMILES string of the molecule is COC(=O)[C@]1(O)CC(=O)N(C)CC/C=C\CCCN2CCCCc3cc(Cl)ccc3COc3ccc1cc32. The largest absolute Gasteiger partial charge is 0.487 e. The van der Waals surface area contributed by atoms with Crippen LogP contribution in [0.15, 0.2) is 48.6 Å². The summed E-state index contributed by atoms with van der Waals surface area (Å²) in [5, 5.41) is 12.4. The van der Waals surface area contributed by atoms with Gasteiger partial charge in [-0.2, -0.15) is 0 Å². The molecule has 2 aromatic rings. The minimum absolute atomic E-state index is 0.313. The van der Waals surface area contributed by atoms with Crippen LogP contribution in [0.2, 0.25) is 5.02 Å². The van der Waals surface area contributed by atoms with E-state index in [1.807, 2.05) is 18.2 Å². The van der Waals surface area contributed by atoms with E-state index >= 15 is 0 Å². The van der Waals surface area contributed by atoms with Crippen molar-refractivity contribution in [2.45, 2.75) is 57.2 Å². The molecule has 1 N–H and O–H groups in total. The van der Waals surface area contributed by atoms with Crippen molar-refractivity contribution in [3.8, 4) is 5.75 Å². The number of hydrogen-bond acceptors (Lipinski definition) is 6. The first-order valence-corrected chi connectivity index (χ1v) is 13.7. The third-order valence-corrected chi connectivity index (χ3v) is 7.64. The molecule has 0 saturated heterocycles. The van der Waals surface area contributed by atoms with Crippen molar-refractivity contribution >= 4 is 29.2 Å². The maximum absolute atomic E-state index is 13.0. The normalized spacial score (nSPS) is 22.2. The summed E-state index contributed by atoms with van der Waals surface area (Å²) in [6.45, 7) is 2.46. The van der Waals surface area contributed by atoms with Gasteiger partial charge in [0.2, 0.25) is 5.91 Å². The number of amides is 1. The van der Waals surface area contributed by atoms with Gasteiger partial charge in [0.05, 0.1) is 19.2 Å². The second-order valence-electron chi connectivity index (χ2n) is 10.1. The number of carbonyl (C=O) groups is 2. The summed E-state index contributed by atoms with van der Waals surface area (Å²) in [5.74, 6) is -0.536. The number of fused-ring (bicyclic) bond motifs is 2. The highest BCUT2D eigenvalue weighted by Crippen LogP contribution is 2.37. The first-order chi connectivity index (χ1) is 18.3. The summed E-state index contributed by atoms with van der Waals surface area (Å²) in [7, 11) is 2.90. The second-order valence-corrected chi connectivity index (χ2v) is 10.5. The van der Waals surface area contributed by atoms with Crippen molar-refractivity contribution in [3.63, 3.8) is 0 Å². The number of rotatable bonds is 1. The smallest absolute Gasteiger partial charge is 0.343 e. The molecule has 204 valence electrons. The Balaban J connectivity index is 1.78. The Hall–Kier alpha value is -3.03. The van der Waals surface area contributed by atoms with Crippen molar-refractivity contribution < 1.29 is 24.2 Å². The van der Waals surface area contributed by atoms with E-state index in [9.17, 15) is 14.7 Å². The molecule has 2 heterocycles. The zero-order chi connectivity index (χ0) is 27.1. The Bertz CT molecular complexity index is 1180. The number of nitrogens with zero attached hydrogens (tertiary/aromatic N) is 2. The Kier molecular flexibility index (Phi) is 9.34. The topological polar surface area (TPSA) is 79.3 Å². The molecule has 2 bridgehead atoms. The molecule has 0 saturated carbocycles. The van der Waals surface area contributed by atoms with Crippen molar-refractivity contribution in [2.75, 3.05) is 38.7 Å². The van der Waals surface area contributed by atoms with E-state index in [0.29, 0.717) is 35.9 Å². The molecule has 0 spiro atoms. The van der Waals surface area contributed by atoms with Gasteiger partial charge in [-0.1, -0.05) is 35.9 Å². The Labute approximate surface area is 230 Å². The number of allylic oxidation sites excluding steroid dienone is 1. The fourth-order valence-electron chi connectivity index (χ4n) is 5.08. The molecule has 8 heteroatoms. The number of ether oxygens (including phenoxy) is 2. The summed E-state index contributed by atoms with van der Waals surface area (Å²) in [4.78, 5) is 29.8. The van der Waals surface area contributed by atoms with Crippen LogP contribution in [0, 0.1) is 0 Å². The van der Waals surface area contributed by atoms with Gasteiger partial charge in [0.15, 0.2) is 5.60 Å². The quantitative estimate of drug-likeness (QED) is 0.404. The minimum Gasteiger partial charge on any atom is -0.487 e. The second kappa shape index (κ2) is 12.7. The number of aryl methyl sites for hydroxylation is 1. The molecule has 2 aliphatic rings. The fourth-order valence-corrected chi connectivity index (χ4v) is 5.28. The van der Waals surface area contributed by atoms with Gasteiger partial charge in [-0.05, 0) is 79.5 Å². The van der Waals surface area contributed by atoms with Gasteiger partial charge in [0.25, 0.3) is 0 Å². The van der Waals surface area contributed by atoms with E-state index in [1.165, 1.54) is 12.7 Å². The Morgan fingerprint density at radius 2 is 1.82 bits per heavy atom. The highest BCUT2D eigenvalue weighted by atomic mass is 35.5. The first-order valence-electron chi connectivity index (χ1n) is 13.3. The highest BCUT2D eigenvalue weighted by Gasteiger charge is 2.43. The molecule has 2 aromatic carbocycles. The van der Waals surface area contributed by atoms with Crippen LogP contribution in [0.3, 0.4) is 0 Å². The Morgan fingerprint density at radius 3 is 2.63 bits per heavy atom. The van der Waals surface area contributed by atoms with Gasteiger partial charge in [-0.3, -0.25) is 4.79 Å². The number of benzene rings is 2. The van der Waals surface area contributed by atoms with Crippen LogP contribution in [-0.2, 0) is 33.0 Å². The molecule has 1 amide bonds. The first kappa shape index (κ1) is 28.0. The van der Waals surface area contributed by atoms with Crippen LogP contribution < -0.4 is 9.64 Å². The van der Waals surface area contributed by atoms with Crippen LogP contribution in [-0.4, -0.2) is 55.7 Å². The van der Waals surface area contributed by atoms with Crippen molar-refractivity contribution in [2.24, 2.45) is 0 Å². The Morgan fingerprint density at radius 1 is 1.03 bits per heavy atom. The summed E-state index contributed by atoms with van der Waals surface area (Å²) in [6.07, 6.45) is 9.25. The molecule has 0 radical (unpaired) electrons. The van der Waals surface area contributed by atoms with Crippen molar-refractivity contribution in [3.05, 3.63) is 70.3 Å². The number of hydrogen-bond donors (Lipinski definition) is 1. The van der Waals surface area contributed by atoms with Gasteiger partial charge in [-0.25, -0.2) is 4.79 Å². The lowest BCUT2D eigenvalue weighted by molar-refractivity contribution is -0.168. The van der Waals surface area contributed by atoms with Crippen LogP contribution in [0.5, 0.6) is 5.75 Å². The monoisotopic (exact) mass is 540 g/mol. The van der Waals surface area contributed by atoms with Crippen LogP contribution >= 0.6 is 11.6 Å². The number of anilines is 1. The van der Waals surface area contributed by atoms with Gasteiger partial charge in [0, 0.05) is 31.7 Å². The van der Waals surface area contributed by atoms with Gasteiger partial charge in [-0.15, -0.1) is 0 Å². The van der Waals surface area contributed by atoms with Crippen molar-refractivity contribution in [1.82, 2.24) is 4.90 Å². The molecular weight excluding hydrogens is 504 g/mol. The van der Waals surface area contributed by atoms with E-state index in [0.717, 1.165) is 56.4 Å². The summed E-state index contributed by atoms with van der Waals surface area (Å²) in [6, 6.07) is 11.1. The number of carbonyl (C=O) groups excluding carboxylic acids is 2. The predicted octanol–water partition coefficient (Wildman–Crippen LogP) is 5.01. The van der Waals surface area contributed by atoms with E-state index in [4.69, 9.17) is 21.1 Å². The molecule has 7 nitrogen and oxygen atoms in total. The average Bonchev–Trinajstić information content (AvgIpc) is 2.94. The molecule has 2 aliphatic heterocycles. The third kappa shape index (κ3) is 6.51. The molecule has 0 fully saturated rings. The molecule has 0 unspecified atom stereocenters. The lowest BCUT2D eigenvalue weighted by atomic mass is 9.89. The lowest BCUT2D eigenvalue weighted by Crippen LogP contribution is -2.42. The zero-order valence-electron chi connectivity index (χ0n) is 22.2. The average molecular weight is 541 g/mol. The van der Waals surface area contributed by atoms with E-state index in [1.54, 1.807) is 30.1 Å². The van der Waals surface area contributed by atoms with Crippen molar-refractivity contribution in [1.29, 1.82) is 0 Å². The number of esters is 1. The van der Waals surface area contributed by atoms with Gasteiger partial charge in [0.1, 0.15) is 12.4 Å². The molecule has 1 atom stereocenters. The maximum Gasteiger partial charge on any atom is 0.343 e. The van der Waals surface area contributed by atoms with E-state index in [-0.39, 0.29) is 5.91 Å². The van der Waals surface area contributed by atoms with Crippen LogP contribution in [0.4, 0.5) is 5.69 Å². The van der Waals surface area contributed by atoms with Crippen LogP contribution in [0.25, 0.3) is 0 Å². The third-order valence-electron chi connectivity index (χ3n) is 7.41. The van der Waals surface area contributed by atoms with Gasteiger partial charge < -0.3 is 24.4 Å². The van der Waals surface area contributed by atoms with Gasteiger partial charge >= 0.3 is 5.97 Å². The molecule has 0 aliphatic carbocycles. The summed E-state index contributed by atoms with van der Waals surface area (Å²) >= 11 is 6.28. The highest BCUT2D eigenvalue weighted by molar-refractivity contribution is 6.30. The maximum atomic E-state index is 13.0. The molecular formula is C30H37ClN2O5. The van der Waals surface area contributed by atoms with E-state index in [2.05, 4.69) is 17.1 Å². The molecule has 38 heavy (non-hydrogen) atoms. The lowest BCUT2D eigenvalue weighted by Gasteiger charge is -2.31. The number of methoxy groups -OCH3 is 1. The van der Waals surface area contributed by atoms with E-state index < -0.39 is 18.0 Å². The minimum atomic E-state index is -2.12. The standard InChI is InChI=1S/C30H37ClN2O5/c1-32-15-7-4-3-5-8-16-33-17-9-6-10-22-18-25(31)13-11-23(22)21-38-27-14-12-24(19-26(27)33)30(36,20-28(32)34)29(35)37-2/h3-4,11-14,18-19,36H,5-10,15-17,20-21H2,1-2H3/b4-3-/t30-/m0/s1. The fraction of sp³-hybridized carbons (Fsp3) is 0.467. The number of halogens is 1.